The fourth-order valence-corrected chi connectivity index (χ4v) is 1.95. The Bertz CT molecular complexity index is 510. The molecule has 0 saturated heterocycles. The van der Waals surface area contributed by atoms with Gasteiger partial charge in [0.1, 0.15) is 5.75 Å². The van der Waals surface area contributed by atoms with Crippen LogP contribution in [0.2, 0.25) is 0 Å². The molecular formula is C11H14ClNO4S. The van der Waals surface area contributed by atoms with Crippen LogP contribution in [0.4, 0.5) is 0 Å². The second-order valence-corrected chi connectivity index (χ2v) is 6.36. The Morgan fingerprint density at radius 3 is 2.28 bits per heavy atom. The van der Waals surface area contributed by atoms with E-state index in [1.165, 1.54) is 29.2 Å². The number of hydrogen-bond acceptors (Lipinski definition) is 4. The highest BCUT2D eigenvalue weighted by atomic mass is 35.7. The molecule has 0 aliphatic heterocycles. The van der Waals surface area contributed by atoms with Crippen molar-refractivity contribution >= 4 is 25.6 Å². The smallest absolute Gasteiger partial charge is 0.261 e. The Kier molecular flexibility index (Phi) is 4.98. The zero-order chi connectivity index (χ0) is 13.8. The molecule has 0 aliphatic rings. The van der Waals surface area contributed by atoms with Gasteiger partial charge in [-0.2, -0.15) is 0 Å². The number of carbonyl (C=O) groups is 1. The monoisotopic (exact) mass is 291 g/mol. The molecule has 1 amide bonds. The van der Waals surface area contributed by atoms with E-state index < -0.39 is 9.05 Å². The van der Waals surface area contributed by atoms with Gasteiger partial charge >= 0.3 is 0 Å². The molecule has 0 heterocycles. The van der Waals surface area contributed by atoms with Crippen LogP contribution in [0.3, 0.4) is 0 Å². The van der Waals surface area contributed by atoms with E-state index in [-0.39, 0.29) is 23.8 Å². The minimum Gasteiger partial charge on any atom is -0.493 e. The summed E-state index contributed by atoms with van der Waals surface area (Å²) < 4.78 is 27.3. The number of ether oxygens (including phenoxy) is 1. The zero-order valence-electron chi connectivity index (χ0n) is 10.1. The molecule has 1 aromatic carbocycles. The minimum atomic E-state index is -3.71. The summed E-state index contributed by atoms with van der Waals surface area (Å²) >= 11 is 0. The lowest BCUT2D eigenvalue weighted by molar-refractivity contribution is -0.129. The van der Waals surface area contributed by atoms with Crippen molar-refractivity contribution in [3.05, 3.63) is 24.3 Å². The third-order valence-corrected chi connectivity index (χ3v) is 3.56. The Morgan fingerprint density at radius 1 is 1.28 bits per heavy atom. The summed E-state index contributed by atoms with van der Waals surface area (Å²) in [5.41, 5.74) is 0. The van der Waals surface area contributed by atoms with E-state index in [0.29, 0.717) is 5.75 Å². The Hall–Kier alpha value is -1.27. The first-order valence-electron chi connectivity index (χ1n) is 5.18. The molecule has 0 radical (unpaired) electrons. The lowest BCUT2D eigenvalue weighted by atomic mass is 10.3. The number of rotatable bonds is 5. The van der Waals surface area contributed by atoms with Crippen molar-refractivity contribution < 1.29 is 17.9 Å². The highest BCUT2D eigenvalue weighted by Crippen LogP contribution is 2.19. The van der Waals surface area contributed by atoms with Crippen LogP contribution in [0.1, 0.15) is 6.42 Å². The molecule has 7 heteroatoms. The van der Waals surface area contributed by atoms with E-state index >= 15 is 0 Å². The summed E-state index contributed by atoms with van der Waals surface area (Å²) in [5, 5.41) is 0. The predicted octanol–water partition coefficient (Wildman–Crippen LogP) is 1.47. The topological polar surface area (TPSA) is 63.7 Å². The van der Waals surface area contributed by atoms with Crippen LogP contribution < -0.4 is 4.74 Å². The number of nitrogens with zero attached hydrogens (tertiary/aromatic N) is 1. The summed E-state index contributed by atoms with van der Waals surface area (Å²) in [4.78, 5) is 12.8. The normalized spacial score (nSPS) is 11.1. The second kappa shape index (κ2) is 6.06. The molecule has 0 bridgehead atoms. The van der Waals surface area contributed by atoms with Gasteiger partial charge in [0.2, 0.25) is 5.91 Å². The zero-order valence-corrected chi connectivity index (χ0v) is 11.7. The second-order valence-electron chi connectivity index (χ2n) is 3.80. The fourth-order valence-electron chi connectivity index (χ4n) is 1.18. The molecule has 5 nitrogen and oxygen atoms in total. The van der Waals surface area contributed by atoms with Crippen LogP contribution in [-0.2, 0) is 13.8 Å². The van der Waals surface area contributed by atoms with E-state index in [2.05, 4.69) is 0 Å². The summed E-state index contributed by atoms with van der Waals surface area (Å²) in [7, 11) is 4.80. The van der Waals surface area contributed by atoms with E-state index in [1.54, 1.807) is 14.1 Å². The van der Waals surface area contributed by atoms with Crippen LogP contribution in [0.5, 0.6) is 5.75 Å². The number of halogens is 1. The third-order valence-electron chi connectivity index (χ3n) is 2.19. The third kappa shape index (κ3) is 4.54. The SMILES string of the molecule is CN(C)C(=O)CCOc1ccc(S(=O)(=O)Cl)cc1. The Balaban J connectivity index is 2.53. The predicted molar refractivity (Wildman–Crippen MR) is 68.3 cm³/mol. The largest absolute Gasteiger partial charge is 0.493 e. The van der Waals surface area contributed by atoms with E-state index in [1.807, 2.05) is 0 Å². The molecule has 0 aromatic heterocycles. The first-order chi connectivity index (χ1) is 8.30. The van der Waals surface area contributed by atoms with Gasteiger partial charge in [-0.15, -0.1) is 0 Å². The van der Waals surface area contributed by atoms with E-state index in [0.717, 1.165) is 0 Å². The maximum Gasteiger partial charge on any atom is 0.261 e. The number of benzene rings is 1. The molecule has 0 N–H and O–H groups in total. The molecular weight excluding hydrogens is 278 g/mol. The number of carbonyl (C=O) groups excluding carboxylic acids is 1. The average molecular weight is 292 g/mol. The summed E-state index contributed by atoms with van der Waals surface area (Å²) in [6, 6.07) is 5.70. The van der Waals surface area contributed by atoms with Gasteiger partial charge in [-0.1, -0.05) is 0 Å². The summed E-state index contributed by atoms with van der Waals surface area (Å²) in [6.07, 6.45) is 0.266. The van der Waals surface area contributed by atoms with E-state index in [9.17, 15) is 13.2 Å². The summed E-state index contributed by atoms with van der Waals surface area (Å²) in [5.74, 6) is 0.459. The van der Waals surface area contributed by atoms with Crippen molar-refractivity contribution in [2.75, 3.05) is 20.7 Å². The van der Waals surface area contributed by atoms with Gasteiger partial charge in [-0.05, 0) is 24.3 Å². The van der Waals surface area contributed by atoms with Crippen LogP contribution in [0.25, 0.3) is 0 Å². The highest BCUT2D eigenvalue weighted by molar-refractivity contribution is 8.13. The molecule has 0 fully saturated rings. The van der Waals surface area contributed by atoms with Gasteiger partial charge in [0.25, 0.3) is 9.05 Å². The first kappa shape index (κ1) is 14.8. The molecule has 1 aromatic rings. The quantitative estimate of drug-likeness (QED) is 0.771. The Morgan fingerprint density at radius 2 is 1.83 bits per heavy atom. The molecule has 1 rings (SSSR count). The van der Waals surface area contributed by atoms with Crippen molar-refractivity contribution in [1.29, 1.82) is 0 Å². The molecule has 0 atom stereocenters. The van der Waals surface area contributed by atoms with Gasteiger partial charge in [-0.3, -0.25) is 4.79 Å². The first-order valence-corrected chi connectivity index (χ1v) is 7.49. The number of hydrogen-bond donors (Lipinski definition) is 0. The highest BCUT2D eigenvalue weighted by Gasteiger charge is 2.09. The van der Waals surface area contributed by atoms with Crippen molar-refractivity contribution in [2.24, 2.45) is 0 Å². The lowest BCUT2D eigenvalue weighted by Crippen LogP contribution is -2.23. The summed E-state index contributed by atoms with van der Waals surface area (Å²) in [6.45, 7) is 0.240. The van der Waals surface area contributed by atoms with Crippen molar-refractivity contribution in [2.45, 2.75) is 11.3 Å². The molecule has 0 aliphatic carbocycles. The maximum atomic E-state index is 11.3. The van der Waals surface area contributed by atoms with Crippen LogP contribution in [-0.4, -0.2) is 39.9 Å². The van der Waals surface area contributed by atoms with Gasteiger partial charge in [0.15, 0.2) is 0 Å². The standard InChI is InChI=1S/C11H14ClNO4S/c1-13(2)11(14)7-8-17-9-3-5-10(6-4-9)18(12,15)16/h3-6H,7-8H2,1-2H3. The molecule has 0 spiro atoms. The van der Waals surface area contributed by atoms with Crippen LogP contribution in [0, 0.1) is 0 Å². The van der Waals surface area contributed by atoms with Crippen molar-refractivity contribution in [3.8, 4) is 5.75 Å². The van der Waals surface area contributed by atoms with E-state index in [4.69, 9.17) is 15.4 Å². The fraction of sp³-hybridized carbons (Fsp3) is 0.364. The Labute approximate surface area is 111 Å². The molecule has 100 valence electrons. The van der Waals surface area contributed by atoms with Crippen LogP contribution >= 0.6 is 10.7 Å². The van der Waals surface area contributed by atoms with Crippen molar-refractivity contribution in [3.63, 3.8) is 0 Å². The van der Waals surface area contributed by atoms with Gasteiger partial charge in [0.05, 0.1) is 17.9 Å². The number of amides is 1. The molecule has 0 unspecified atom stereocenters. The lowest BCUT2D eigenvalue weighted by Gasteiger charge is -2.10. The maximum absolute atomic E-state index is 11.3. The van der Waals surface area contributed by atoms with Gasteiger partial charge < -0.3 is 9.64 Å². The van der Waals surface area contributed by atoms with Crippen LogP contribution in [0.15, 0.2) is 29.2 Å². The van der Waals surface area contributed by atoms with Crippen molar-refractivity contribution in [1.82, 2.24) is 4.90 Å². The van der Waals surface area contributed by atoms with Gasteiger partial charge in [-0.25, -0.2) is 8.42 Å². The minimum absolute atomic E-state index is 0.0147. The molecule has 0 saturated carbocycles. The van der Waals surface area contributed by atoms with Gasteiger partial charge in [0, 0.05) is 24.8 Å². The molecule has 18 heavy (non-hydrogen) atoms. The average Bonchev–Trinajstić information content (AvgIpc) is 2.28.